The first-order valence-electron chi connectivity index (χ1n) is 6.41. The number of furan rings is 1. The minimum absolute atomic E-state index is 0.352. The molecule has 5 heteroatoms. The van der Waals surface area contributed by atoms with Gasteiger partial charge in [0.25, 0.3) is 5.91 Å². The lowest BCUT2D eigenvalue weighted by Crippen LogP contribution is -2.49. The number of carbonyl (C=O) groups excluding carboxylic acids is 1. The molecule has 0 aliphatic carbocycles. The van der Waals surface area contributed by atoms with Crippen molar-refractivity contribution in [3.05, 3.63) is 35.6 Å². The molecule has 0 spiro atoms. The maximum absolute atomic E-state index is 12.2. The lowest BCUT2D eigenvalue weighted by Gasteiger charge is -2.20. The lowest BCUT2D eigenvalue weighted by atomic mass is 10.0. The number of carboxylic acids is 1. The normalized spacial score (nSPS) is 11.6. The summed E-state index contributed by atoms with van der Waals surface area (Å²) in [6.45, 7) is 4.90. The molecule has 0 saturated carbocycles. The summed E-state index contributed by atoms with van der Waals surface area (Å²) in [5.41, 5.74) is 0.721. The Morgan fingerprint density at radius 2 is 2.05 bits per heavy atom. The van der Waals surface area contributed by atoms with Crippen LogP contribution in [0.5, 0.6) is 0 Å². The molecule has 2 aromatic rings. The Morgan fingerprint density at radius 1 is 1.35 bits per heavy atom. The van der Waals surface area contributed by atoms with Gasteiger partial charge < -0.3 is 14.8 Å². The highest BCUT2D eigenvalue weighted by molar-refractivity contribution is 6.07. The third-order valence-electron chi connectivity index (χ3n) is 3.25. The van der Waals surface area contributed by atoms with E-state index in [0.29, 0.717) is 16.5 Å². The van der Waals surface area contributed by atoms with Crippen molar-refractivity contribution in [1.29, 1.82) is 0 Å². The molecular weight excluding hydrogens is 258 g/mol. The van der Waals surface area contributed by atoms with Gasteiger partial charge in [-0.05, 0) is 38.0 Å². The van der Waals surface area contributed by atoms with E-state index in [1.54, 1.807) is 0 Å². The summed E-state index contributed by atoms with van der Waals surface area (Å²) in [5.74, 6) is -1.54. The first-order chi connectivity index (χ1) is 9.35. The van der Waals surface area contributed by atoms with E-state index in [4.69, 9.17) is 9.52 Å². The highest BCUT2D eigenvalue weighted by atomic mass is 16.4. The molecule has 0 bridgehead atoms. The fourth-order valence-corrected chi connectivity index (χ4v) is 1.88. The Morgan fingerprint density at radius 3 is 2.65 bits per heavy atom. The van der Waals surface area contributed by atoms with Crippen molar-refractivity contribution in [1.82, 2.24) is 5.32 Å². The number of aryl methyl sites for hydroxylation is 1. The molecule has 0 radical (unpaired) electrons. The predicted molar refractivity (Wildman–Crippen MR) is 74.8 cm³/mol. The second-order valence-corrected chi connectivity index (χ2v) is 5.22. The zero-order valence-electron chi connectivity index (χ0n) is 11.7. The summed E-state index contributed by atoms with van der Waals surface area (Å²) >= 11 is 0. The number of fused-ring (bicyclic) bond motifs is 1. The zero-order valence-corrected chi connectivity index (χ0v) is 11.7. The molecule has 0 fully saturated rings. The minimum atomic E-state index is -1.33. The summed E-state index contributed by atoms with van der Waals surface area (Å²) in [6, 6.07) is 5.64. The minimum Gasteiger partial charge on any atom is -0.480 e. The van der Waals surface area contributed by atoms with Gasteiger partial charge in [-0.1, -0.05) is 13.0 Å². The average Bonchev–Trinajstić information content (AvgIpc) is 2.80. The van der Waals surface area contributed by atoms with E-state index in [2.05, 4.69) is 5.32 Å². The van der Waals surface area contributed by atoms with Crippen LogP contribution >= 0.6 is 0 Å². The average molecular weight is 275 g/mol. The van der Waals surface area contributed by atoms with E-state index in [0.717, 1.165) is 12.0 Å². The van der Waals surface area contributed by atoms with Crippen molar-refractivity contribution in [3.8, 4) is 0 Å². The molecule has 1 aromatic heterocycles. The van der Waals surface area contributed by atoms with Crippen molar-refractivity contribution >= 4 is 22.8 Å². The monoisotopic (exact) mass is 275 g/mol. The number of hydrogen-bond acceptors (Lipinski definition) is 3. The molecule has 1 amide bonds. The first-order valence-corrected chi connectivity index (χ1v) is 6.41. The highest BCUT2D eigenvalue weighted by Crippen LogP contribution is 2.23. The quantitative estimate of drug-likeness (QED) is 0.898. The SMILES string of the molecule is CCc1ccc2occ(C(=O)NC(C)(C)C(=O)O)c2c1. The molecule has 0 aliphatic rings. The molecule has 0 unspecified atom stereocenters. The Balaban J connectivity index is 2.37. The summed E-state index contributed by atoms with van der Waals surface area (Å²) in [7, 11) is 0. The van der Waals surface area contributed by atoms with Gasteiger partial charge in [0, 0.05) is 5.39 Å². The fourth-order valence-electron chi connectivity index (χ4n) is 1.88. The second-order valence-electron chi connectivity index (χ2n) is 5.22. The summed E-state index contributed by atoms with van der Waals surface area (Å²) in [4.78, 5) is 23.3. The van der Waals surface area contributed by atoms with Gasteiger partial charge in [0.15, 0.2) is 0 Å². The molecule has 2 N–H and O–H groups in total. The van der Waals surface area contributed by atoms with Crippen LogP contribution in [0, 0.1) is 0 Å². The van der Waals surface area contributed by atoms with Crippen LogP contribution in [0.15, 0.2) is 28.9 Å². The molecule has 20 heavy (non-hydrogen) atoms. The predicted octanol–water partition coefficient (Wildman–Crippen LogP) is 2.59. The molecule has 0 atom stereocenters. The summed E-state index contributed by atoms with van der Waals surface area (Å²) in [5, 5.41) is 12.2. The fraction of sp³-hybridized carbons (Fsp3) is 0.333. The number of benzene rings is 1. The van der Waals surface area contributed by atoms with E-state index in [-0.39, 0.29) is 0 Å². The molecule has 1 heterocycles. The number of carbonyl (C=O) groups is 2. The van der Waals surface area contributed by atoms with E-state index in [1.807, 2.05) is 25.1 Å². The van der Waals surface area contributed by atoms with Gasteiger partial charge in [0.1, 0.15) is 17.4 Å². The third-order valence-corrected chi connectivity index (χ3v) is 3.25. The first kappa shape index (κ1) is 14.1. The van der Waals surface area contributed by atoms with E-state index >= 15 is 0 Å². The number of hydrogen-bond donors (Lipinski definition) is 2. The van der Waals surface area contributed by atoms with Crippen LogP contribution in [0.3, 0.4) is 0 Å². The van der Waals surface area contributed by atoms with E-state index in [9.17, 15) is 9.59 Å². The molecular formula is C15H17NO4. The van der Waals surface area contributed by atoms with Crippen LogP contribution in [-0.2, 0) is 11.2 Å². The van der Waals surface area contributed by atoms with Crippen LogP contribution < -0.4 is 5.32 Å². The van der Waals surface area contributed by atoms with Gasteiger partial charge in [-0.3, -0.25) is 4.79 Å². The maximum atomic E-state index is 12.2. The van der Waals surface area contributed by atoms with Crippen LogP contribution in [0.4, 0.5) is 0 Å². The number of rotatable bonds is 4. The van der Waals surface area contributed by atoms with Crippen LogP contribution in [0.2, 0.25) is 0 Å². The largest absolute Gasteiger partial charge is 0.480 e. The van der Waals surface area contributed by atoms with Crippen molar-refractivity contribution < 1.29 is 19.1 Å². The van der Waals surface area contributed by atoms with Gasteiger partial charge in [-0.2, -0.15) is 0 Å². The van der Waals surface area contributed by atoms with Gasteiger partial charge in [-0.15, -0.1) is 0 Å². The summed E-state index contributed by atoms with van der Waals surface area (Å²) < 4.78 is 5.34. The maximum Gasteiger partial charge on any atom is 0.328 e. The Labute approximate surface area is 116 Å². The van der Waals surface area contributed by atoms with Gasteiger partial charge in [0.05, 0.1) is 5.56 Å². The van der Waals surface area contributed by atoms with Gasteiger partial charge in [-0.25, -0.2) is 4.79 Å². The number of carboxylic acid groups (broad SMARTS) is 1. The lowest BCUT2D eigenvalue weighted by molar-refractivity contribution is -0.143. The number of amides is 1. The number of aliphatic carboxylic acids is 1. The van der Waals surface area contributed by atoms with E-state index in [1.165, 1.54) is 20.1 Å². The Hall–Kier alpha value is -2.30. The third kappa shape index (κ3) is 2.52. The molecule has 2 rings (SSSR count). The van der Waals surface area contributed by atoms with Crippen molar-refractivity contribution in [2.45, 2.75) is 32.7 Å². The standard InChI is InChI=1S/C15H17NO4/c1-4-9-5-6-12-10(7-9)11(8-20-12)13(17)16-15(2,3)14(18)19/h5-8H,4H2,1-3H3,(H,16,17)(H,18,19). The van der Waals surface area contributed by atoms with Crippen molar-refractivity contribution in [3.63, 3.8) is 0 Å². The van der Waals surface area contributed by atoms with Crippen LogP contribution in [-0.4, -0.2) is 22.5 Å². The molecule has 0 saturated heterocycles. The van der Waals surface area contributed by atoms with Gasteiger partial charge in [0.2, 0.25) is 0 Å². The second kappa shape index (κ2) is 5.00. The molecule has 0 aliphatic heterocycles. The van der Waals surface area contributed by atoms with Crippen LogP contribution in [0.1, 0.15) is 36.7 Å². The molecule has 1 aromatic carbocycles. The van der Waals surface area contributed by atoms with E-state index < -0.39 is 17.4 Å². The molecule has 5 nitrogen and oxygen atoms in total. The number of nitrogens with one attached hydrogen (secondary N) is 1. The van der Waals surface area contributed by atoms with Crippen LogP contribution in [0.25, 0.3) is 11.0 Å². The summed E-state index contributed by atoms with van der Waals surface area (Å²) in [6.07, 6.45) is 2.21. The Bertz CT molecular complexity index is 670. The topological polar surface area (TPSA) is 79.5 Å². The highest BCUT2D eigenvalue weighted by Gasteiger charge is 2.30. The molecule has 106 valence electrons. The smallest absolute Gasteiger partial charge is 0.328 e. The zero-order chi connectivity index (χ0) is 14.9. The van der Waals surface area contributed by atoms with Crippen molar-refractivity contribution in [2.24, 2.45) is 0 Å². The van der Waals surface area contributed by atoms with Gasteiger partial charge >= 0.3 is 5.97 Å². The van der Waals surface area contributed by atoms with Crippen molar-refractivity contribution in [2.75, 3.05) is 0 Å². The Kier molecular flexibility index (Phi) is 3.53.